The molecule has 1 heterocycles. The van der Waals surface area contributed by atoms with Gasteiger partial charge in [0.1, 0.15) is 0 Å². The summed E-state index contributed by atoms with van der Waals surface area (Å²) in [4.78, 5) is 12.0. The lowest BCUT2D eigenvalue weighted by atomic mass is 10.2. The van der Waals surface area contributed by atoms with Crippen molar-refractivity contribution in [1.29, 1.82) is 0 Å². The van der Waals surface area contributed by atoms with Crippen molar-refractivity contribution in [3.05, 3.63) is 86.6 Å². The molecule has 0 bridgehead atoms. The zero-order chi connectivity index (χ0) is 20.8. The molecule has 150 valence electrons. The molecule has 2 aromatic carbocycles. The summed E-state index contributed by atoms with van der Waals surface area (Å²) < 4.78 is 3.21. The largest absolute Gasteiger partial charge is 0.318 e. The lowest BCUT2D eigenvalue weighted by Gasteiger charge is -2.09. The maximum Gasteiger partial charge on any atom is 0.250 e. The zero-order valence-electron chi connectivity index (χ0n) is 16.2. The number of amides is 1. The van der Waals surface area contributed by atoms with Gasteiger partial charge in [-0.2, -0.15) is 5.10 Å². The molecule has 4 nitrogen and oxygen atoms in total. The predicted molar refractivity (Wildman–Crippen MR) is 126 cm³/mol. The zero-order valence-corrected chi connectivity index (χ0v) is 19.3. The Labute approximate surface area is 188 Å². The lowest BCUT2D eigenvalue weighted by molar-refractivity contribution is -0.118. The first-order valence-electron chi connectivity index (χ1n) is 9.03. The van der Waals surface area contributed by atoms with Crippen LogP contribution < -0.4 is 5.43 Å². The van der Waals surface area contributed by atoms with E-state index < -0.39 is 0 Å². The van der Waals surface area contributed by atoms with Gasteiger partial charge < -0.3 is 4.57 Å². The van der Waals surface area contributed by atoms with Crippen LogP contribution in [0.3, 0.4) is 0 Å². The van der Waals surface area contributed by atoms with Crippen LogP contribution in [0.4, 0.5) is 0 Å². The SMILES string of the molecule is Cc1cc(/C=N/NC(=O)CSCc2cccc(Cl)c2)c(C)n1-c1ccc(Br)cc1. The van der Waals surface area contributed by atoms with Crippen molar-refractivity contribution in [2.45, 2.75) is 19.6 Å². The topological polar surface area (TPSA) is 46.4 Å². The number of carbonyl (C=O) groups is 1. The summed E-state index contributed by atoms with van der Waals surface area (Å²) in [5.41, 5.74) is 7.93. The molecule has 0 spiro atoms. The summed E-state index contributed by atoms with van der Waals surface area (Å²) >= 11 is 11.0. The van der Waals surface area contributed by atoms with Gasteiger partial charge in [-0.15, -0.1) is 11.8 Å². The standard InChI is InChI=1S/C22H21BrClN3OS/c1-15-10-18(16(2)27(15)21-8-6-19(23)7-9-21)12-25-26-22(28)14-29-13-17-4-3-5-20(24)11-17/h3-12H,13-14H2,1-2H3,(H,26,28)/b25-12+. The first-order chi connectivity index (χ1) is 13.9. The molecule has 3 aromatic rings. The van der Waals surface area contributed by atoms with Crippen molar-refractivity contribution in [3.63, 3.8) is 0 Å². The molecule has 1 N–H and O–H groups in total. The number of halogens is 2. The van der Waals surface area contributed by atoms with E-state index in [-0.39, 0.29) is 5.91 Å². The van der Waals surface area contributed by atoms with Crippen LogP contribution in [0.15, 0.2) is 64.2 Å². The van der Waals surface area contributed by atoms with E-state index in [4.69, 9.17) is 11.6 Å². The Morgan fingerprint density at radius 2 is 1.97 bits per heavy atom. The van der Waals surface area contributed by atoms with Crippen LogP contribution in [0.25, 0.3) is 5.69 Å². The highest BCUT2D eigenvalue weighted by Gasteiger charge is 2.09. The van der Waals surface area contributed by atoms with Gasteiger partial charge in [-0.25, -0.2) is 5.43 Å². The maximum atomic E-state index is 12.0. The fourth-order valence-electron chi connectivity index (χ4n) is 3.00. The van der Waals surface area contributed by atoms with E-state index in [1.54, 1.807) is 6.21 Å². The van der Waals surface area contributed by atoms with E-state index >= 15 is 0 Å². The second-order valence-corrected chi connectivity index (χ2v) is 8.89. The molecule has 0 aliphatic heterocycles. The Morgan fingerprint density at radius 3 is 2.69 bits per heavy atom. The van der Waals surface area contributed by atoms with E-state index in [0.29, 0.717) is 10.8 Å². The van der Waals surface area contributed by atoms with Crippen LogP contribution in [-0.2, 0) is 10.5 Å². The third-order valence-corrected chi connectivity index (χ3v) is 6.11. The number of nitrogens with zero attached hydrogens (tertiary/aromatic N) is 2. The van der Waals surface area contributed by atoms with Crippen LogP contribution in [-0.4, -0.2) is 22.4 Å². The Kier molecular flexibility index (Phi) is 7.58. The van der Waals surface area contributed by atoms with Gasteiger partial charge in [0.25, 0.3) is 0 Å². The van der Waals surface area contributed by atoms with Crippen LogP contribution in [0.1, 0.15) is 22.5 Å². The number of benzene rings is 2. The minimum absolute atomic E-state index is 0.130. The quantitative estimate of drug-likeness (QED) is 0.331. The monoisotopic (exact) mass is 489 g/mol. The van der Waals surface area contributed by atoms with Crippen molar-refractivity contribution in [3.8, 4) is 5.69 Å². The molecule has 1 amide bonds. The van der Waals surface area contributed by atoms with E-state index in [2.05, 4.69) is 56.1 Å². The summed E-state index contributed by atoms with van der Waals surface area (Å²) in [6.45, 7) is 4.09. The molecule has 0 unspecified atom stereocenters. The fourth-order valence-corrected chi connectivity index (χ4v) is 4.24. The predicted octanol–water partition coefficient (Wildman–Crippen LogP) is 5.89. The molecular formula is C22H21BrClN3OS. The van der Waals surface area contributed by atoms with E-state index in [1.165, 1.54) is 11.8 Å². The number of aryl methyl sites for hydroxylation is 1. The molecule has 3 rings (SSSR count). The Morgan fingerprint density at radius 1 is 1.21 bits per heavy atom. The number of aromatic nitrogens is 1. The number of hydrogen-bond donors (Lipinski definition) is 1. The summed E-state index contributed by atoms with van der Waals surface area (Å²) in [6, 6.07) is 17.9. The van der Waals surface area contributed by atoms with Crippen molar-refractivity contribution < 1.29 is 4.79 Å². The molecule has 0 fully saturated rings. The molecule has 0 saturated carbocycles. The van der Waals surface area contributed by atoms with Crippen LogP contribution in [0.5, 0.6) is 0 Å². The second-order valence-electron chi connectivity index (χ2n) is 6.55. The van der Waals surface area contributed by atoms with Crippen molar-refractivity contribution in [1.82, 2.24) is 9.99 Å². The first-order valence-corrected chi connectivity index (χ1v) is 11.4. The second kappa shape index (κ2) is 10.1. The molecule has 1 aromatic heterocycles. The average Bonchev–Trinajstić information content (AvgIpc) is 2.96. The Bertz CT molecular complexity index is 1030. The van der Waals surface area contributed by atoms with Crippen molar-refractivity contribution >= 4 is 51.4 Å². The number of hydrogen-bond acceptors (Lipinski definition) is 3. The lowest BCUT2D eigenvalue weighted by Crippen LogP contribution is -2.19. The first kappa shape index (κ1) is 21.7. The molecule has 0 saturated heterocycles. The minimum atomic E-state index is -0.130. The number of hydrazone groups is 1. The highest BCUT2D eigenvalue weighted by Crippen LogP contribution is 2.21. The molecule has 7 heteroatoms. The molecule has 0 aliphatic carbocycles. The summed E-state index contributed by atoms with van der Waals surface area (Å²) in [6.07, 6.45) is 1.69. The number of rotatable bonds is 7. The van der Waals surface area contributed by atoms with Gasteiger partial charge in [-0.3, -0.25) is 4.79 Å². The Balaban J connectivity index is 1.55. The third-order valence-electron chi connectivity index (χ3n) is 4.34. The molecular weight excluding hydrogens is 470 g/mol. The number of nitrogens with one attached hydrogen (secondary N) is 1. The minimum Gasteiger partial charge on any atom is -0.318 e. The van der Waals surface area contributed by atoms with Gasteiger partial charge in [-0.1, -0.05) is 39.7 Å². The average molecular weight is 491 g/mol. The molecule has 0 aliphatic rings. The van der Waals surface area contributed by atoms with E-state index in [0.717, 1.165) is 38.4 Å². The fraction of sp³-hybridized carbons (Fsp3) is 0.182. The van der Waals surface area contributed by atoms with E-state index in [1.807, 2.05) is 43.3 Å². The number of thioether (sulfide) groups is 1. The number of carbonyl (C=O) groups excluding carboxylic acids is 1. The summed E-state index contributed by atoms with van der Waals surface area (Å²) in [5, 5.41) is 4.83. The maximum absolute atomic E-state index is 12.0. The highest BCUT2D eigenvalue weighted by molar-refractivity contribution is 9.10. The summed E-state index contributed by atoms with van der Waals surface area (Å²) in [5.74, 6) is 0.934. The van der Waals surface area contributed by atoms with Gasteiger partial charge in [0.2, 0.25) is 5.91 Å². The Hall–Kier alpha value is -2.02. The van der Waals surface area contributed by atoms with Gasteiger partial charge in [0.05, 0.1) is 12.0 Å². The van der Waals surface area contributed by atoms with Gasteiger partial charge in [-0.05, 0) is 61.9 Å². The van der Waals surface area contributed by atoms with Crippen LogP contribution in [0, 0.1) is 13.8 Å². The smallest absolute Gasteiger partial charge is 0.250 e. The van der Waals surface area contributed by atoms with E-state index in [9.17, 15) is 4.79 Å². The summed E-state index contributed by atoms with van der Waals surface area (Å²) in [7, 11) is 0. The molecule has 0 atom stereocenters. The molecule has 0 radical (unpaired) electrons. The van der Waals surface area contributed by atoms with Crippen molar-refractivity contribution in [2.24, 2.45) is 5.10 Å². The van der Waals surface area contributed by atoms with Gasteiger partial charge >= 0.3 is 0 Å². The van der Waals surface area contributed by atoms with Gasteiger partial charge in [0.15, 0.2) is 0 Å². The van der Waals surface area contributed by atoms with Gasteiger partial charge in [0, 0.05) is 37.9 Å². The van der Waals surface area contributed by atoms with Crippen molar-refractivity contribution in [2.75, 3.05) is 5.75 Å². The van der Waals surface area contributed by atoms with Crippen LogP contribution >= 0.6 is 39.3 Å². The van der Waals surface area contributed by atoms with Crippen LogP contribution in [0.2, 0.25) is 5.02 Å². The normalized spacial score (nSPS) is 11.2. The molecule has 29 heavy (non-hydrogen) atoms. The third kappa shape index (κ3) is 5.98. The highest BCUT2D eigenvalue weighted by atomic mass is 79.9.